The third-order valence-corrected chi connectivity index (χ3v) is 3.62. The summed E-state index contributed by atoms with van der Waals surface area (Å²) in [7, 11) is 0. The van der Waals surface area contributed by atoms with Gasteiger partial charge >= 0.3 is 0 Å². The molecule has 1 aromatic heterocycles. The van der Waals surface area contributed by atoms with Crippen molar-refractivity contribution in [2.75, 3.05) is 23.9 Å². The standard InChI is InChI=1S/C11H19N3OS/c1-7-4-9(12)11(13-5-7)14-8(2)10(6-15)16-3/h4-5,8,10,15H,6,12H2,1-3H3,(H,13,14). The van der Waals surface area contributed by atoms with Gasteiger partial charge in [0.05, 0.1) is 12.3 Å². The fraction of sp³-hybridized carbons (Fsp3) is 0.545. The van der Waals surface area contributed by atoms with Crippen molar-refractivity contribution < 1.29 is 5.11 Å². The van der Waals surface area contributed by atoms with Gasteiger partial charge < -0.3 is 16.2 Å². The van der Waals surface area contributed by atoms with Crippen molar-refractivity contribution in [2.45, 2.75) is 25.1 Å². The third kappa shape index (κ3) is 3.28. The van der Waals surface area contributed by atoms with E-state index in [1.807, 2.05) is 26.2 Å². The number of aliphatic hydroxyl groups is 1. The van der Waals surface area contributed by atoms with Gasteiger partial charge in [-0.1, -0.05) is 0 Å². The van der Waals surface area contributed by atoms with Gasteiger partial charge in [0.25, 0.3) is 0 Å². The minimum atomic E-state index is 0.123. The first kappa shape index (κ1) is 13.1. The Labute approximate surface area is 101 Å². The van der Waals surface area contributed by atoms with Crippen LogP contribution in [0.2, 0.25) is 0 Å². The number of nitrogens with one attached hydrogen (secondary N) is 1. The van der Waals surface area contributed by atoms with Crippen LogP contribution in [0, 0.1) is 6.92 Å². The molecule has 90 valence electrons. The maximum atomic E-state index is 9.18. The van der Waals surface area contributed by atoms with Crippen LogP contribution in [0.15, 0.2) is 12.3 Å². The van der Waals surface area contributed by atoms with Crippen LogP contribution >= 0.6 is 11.8 Å². The quantitative estimate of drug-likeness (QED) is 0.728. The number of nitrogens with zero attached hydrogens (tertiary/aromatic N) is 1. The highest BCUT2D eigenvalue weighted by Gasteiger charge is 2.16. The molecule has 1 aromatic rings. The van der Waals surface area contributed by atoms with Gasteiger partial charge in [-0.2, -0.15) is 11.8 Å². The minimum absolute atomic E-state index is 0.123. The molecular formula is C11H19N3OS. The van der Waals surface area contributed by atoms with E-state index in [0.29, 0.717) is 11.5 Å². The number of pyridine rings is 1. The van der Waals surface area contributed by atoms with Crippen molar-refractivity contribution in [1.29, 1.82) is 0 Å². The van der Waals surface area contributed by atoms with Crippen LogP contribution in [-0.4, -0.2) is 34.2 Å². The number of anilines is 2. The van der Waals surface area contributed by atoms with Crippen molar-refractivity contribution in [3.63, 3.8) is 0 Å². The average molecular weight is 241 g/mol. The van der Waals surface area contributed by atoms with Crippen molar-refractivity contribution in [3.8, 4) is 0 Å². The number of nitrogens with two attached hydrogens (primary N) is 1. The molecule has 1 rings (SSSR count). The summed E-state index contributed by atoms with van der Waals surface area (Å²) < 4.78 is 0. The second-order valence-electron chi connectivity index (χ2n) is 3.84. The molecule has 0 spiro atoms. The van der Waals surface area contributed by atoms with Crippen molar-refractivity contribution in [3.05, 3.63) is 17.8 Å². The highest BCUT2D eigenvalue weighted by molar-refractivity contribution is 7.99. The molecule has 0 saturated carbocycles. The molecule has 5 heteroatoms. The summed E-state index contributed by atoms with van der Waals surface area (Å²) >= 11 is 1.63. The van der Waals surface area contributed by atoms with E-state index in [1.165, 1.54) is 0 Å². The molecule has 1 heterocycles. The second kappa shape index (κ2) is 5.96. The zero-order valence-electron chi connectivity index (χ0n) is 9.90. The number of rotatable bonds is 5. The van der Waals surface area contributed by atoms with Crippen molar-refractivity contribution >= 4 is 23.3 Å². The van der Waals surface area contributed by atoms with Crippen LogP contribution in [0.5, 0.6) is 0 Å². The van der Waals surface area contributed by atoms with Gasteiger partial charge in [0.2, 0.25) is 0 Å². The first-order valence-corrected chi connectivity index (χ1v) is 6.49. The number of nitrogen functional groups attached to an aromatic ring is 1. The molecule has 0 aliphatic heterocycles. The molecule has 0 aromatic carbocycles. The third-order valence-electron chi connectivity index (χ3n) is 2.46. The van der Waals surface area contributed by atoms with Crippen molar-refractivity contribution in [2.24, 2.45) is 0 Å². The summed E-state index contributed by atoms with van der Waals surface area (Å²) in [6.45, 7) is 4.11. The van der Waals surface area contributed by atoms with Crippen LogP contribution in [0.25, 0.3) is 0 Å². The maximum Gasteiger partial charge on any atom is 0.149 e. The topological polar surface area (TPSA) is 71.2 Å². The first-order valence-electron chi connectivity index (χ1n) is 5.20. The van der Waals surface area contributed by atoms with Crippen LogP contribution in [0.4, 0.5) is 11.5 Å². The van der Waals surface area contributed by atoms with Crippen LogP contribution in [0.1, 0.15) is 12.5 Å². The van der Waals surface area contributed by atoms with Gasteiger partial charge in [0.1, 0.15) is 5.82 Å². The van der Waals surface area contributed by atoms with E-state index in [2.05, 4.69) is 10.3 Å². The lowest BCUT2D eigenvalue weighted by molar-refractivity contribution is 0.288. The highest BCUT2D eigenvalue weighted by Crippen LogP contribution is 2.20. The second-order valence-corrected chi connectivity index (χ2v) is 4.92. The summed E-state index contributed by atoms with van der Waals surface area (Å²) in [4.78, 5) is 4.24. The molecule has 0 bridgehead atoms. The fourth-order valence-corrected chi connectivity index (χ4v) is 2.08. The maximum absolute atomic E-state index is 9.18. The zero-order chi connectivity index (χ0) is 12.1. The molecule has 0 aliphatic rings. The van der Waals surface area contributed by atoms with E-state index in [0.717, 1.165) is 5.56 Å². The van der Waals surface area contributed by atoms with E-state index in [4.69, 9.17) is 5.73 Å². The van der Waals surface area contributed by atoms with Gasteiger partial charge in [0.15, 0.2) is 0 Å². The summed E-state index contributed by atoms with van der Waals surface area (Å²) in [5.41, 5.74) is 7.54. The number of aryl methyl sites for hydroxylation is 1. The Morgan fingerprint density at radius 1 is 1.62 bits per heavy atom. The summed E-state index contributed by atoms with van der Waals surface area (Å²) in [5, 5.41) is 12.5. The molecular weight excluding hydrogens is 222 g/mol. The lowest BCUT2D eigenvalue weighted by atomic mass is 10.2. The molecule has 4 nitrogen and oxygen atoms in total. The monoisotopic (exact) mass is 241 g/mol. The van der Waals surface area contributed by atoms with E-state index in [1.54, 1.807) is 18.0 Å². The zero-order valence-corrected chi connectivity index (χ0v) is 10.7. The van der Waals surface area contributed by atoms with E-state index in [9.17, 15) is 5.11 Å². The SMILES string of the molecule is CSC(CO)C(C)Nc1ncc(C)cc1N. The highest BCUT2D eigenvalue weighted by atomic mass is 32.2. The fourth-order valence-electron chi connectivity index (χ4n) is 1.46. The normalized spacial score (nSPS) is 14.5. The number of aromatic nitrogens is 1. The Balaban J connectivity index is 2.72. The average Bonchev–Trinajstić information content (AvgIpc) is 2.24. The Morgan fingerprint density at radius 3 is 2.81 bits per heavy atom. The van der Waals surface area contributed by atoms with Crippen LogP contribution in [-0.2, 0) is 0 Å². The number of thioether (sulfide) groups is 1. The molecule has 16 heavy (non-hydrogen) atoms. The first-order chi connectivity index (χ1) is 7.58. The lowest BCUT2D eigenvalue weighted by Gasteiger charge is -2.22. The molecule has 0 fully saturated rings. The smallest absolute Gasteiger partial charge is 0.149 e. The Bertz CT molecular complexity index is 342. The van der Waals surface area contributed by atoms with Gasteiger partial charge in [-0.15, -0.1) is 0 Å². The minimum Gasteiger partial charge on any atom is -0.396 e. The lowest BCUT2D eigenvalue weighted by Crippen LogP contribution is -2.31. The Morgan fingerprint density at radius 2 is 2.31 bits per heavy atom. The van der Waals surface area contributed by atoms with E-state index in [-0.39, 0.29) is 17.9 Å². The van der Waals surface area contributed by atoms with Gasteiger partial charge in [-0.05, 0) is 31.7 Å². The van der Waals surface area contributed by atoms with E-state index < -0.39 is 0 Å². The number of aliphatic hydroxyl groups excluding tert-OH is 1. The van der Waals surface area contributed by atoms with Gasteiger partial charge in [0, 0.05) is 17.5 Å². The number of hydrogen-bond donors (Lipinski definition) is 3. The summed E-state index contributed by atoms with van der Waals surface area (Å²) in [6, 6.07) is 2.01. The number of hydrogen-bond acceptors (Lipinski definition) is 5. The van der Waals surface area contributed by atoms with Crippen LogP contribution in [0.3, 0.4) is 0 Å². The molecule has 4 N–H and O–H groups in total. The summed E-state index contributed by atoms with van der Waals surface area (Å²) in [5.74, 6) is 0.686. The predicted octanol–water partition coefficient (Wildman–Crippen LogP) is 1.50. The largest absolute Gasteiger partial charge is 0.396 e. The molecule has 0 amide bonds. The predicted molar refractivity (Wildman–Crippen MR) is 70.9 cm³/mol. The molecule has 2 unspecified atom stereocenters. The molecule has 0 saturated heterocycles. The summed E-state index contributed by atoms with van der Waals surface area (Å²) in [6.07, 6.45) is 3.75. The Kier molecular flexibility index (Phi) is 4.89. The van der Waals surface area contributed by atoms with E-state index >= 15 is 0 Å². The van der Waals surface area contributed by atoms with Gasteiger partial charge in [-0.25, -0.2) is 4.98 Å². The molecule has 0 aliphatic carbocycles. The van der Waals surface area contributed by atoms with Crippen molar-refractivity contribution in [1.82, 2.24) is 4.98 Å². The van der Waals surface area contributed by atoms with Crippen LogP contribution < -0.4 is 11.1 Å². The van der Waals surface area contributed by atoms with Gasteiger partial charge in [-0.3, -0.25) is 0 Å². The Hall–Kier alpha value is -0.940. The molecule has 2 atom stereocenters. The molecule has 0 radical (unpaired) electrons.